The number of aliphatic carboxylic acids is 1. The molecule has 3 N–H and O–H groups in total. The number of benzene rings is 1. The summed E-state index contributed by atoms with van der Waals surface area (Å²) in [5.41, 5.74) is -3.59. The Balaban J connectivity index is 1.65. The maximum atomic E-state index is 14.5. The van der Waals surface area contributed by atoms with E-state index in [4.69, 9.17) is 14.2 Å². The third-order valence-electron chi connectivity index (χ3n) is 9.62. The average Bonchev–Trinajstić information content (AvgIpc) is 3.05. The zero-order valence-corrected chi connectivity index (χ0v) is 24.7. The Morgan fingerprint density at radius 1 is 1.17 bits per heavy atom. The number of ether oxygens (including phenoxy) is 3. The van der Waals surface area contributed by atoms with Gasteiger partial charge in [0.25, 0.3) is 0 Å². The van der Waals surface area contributed by atoms with Crippen molar-refractivity contribution < 1.29 is 43.9 Å². The molecule has 0 radical (unpaired) electrons. The SMILES string of the molecule is C=C(C)[C@H](O)Cc1c2c(c(O)c3c1O[C@]14C(=C[C@@H]5C[C@H]1C(C)(C)O[C@@]4(C/C=C(\C)C(=O)O)C5=O)C3=O)C=CC(C)(C)O2. The second-order valence-corrected chi connectivity index (χ2v) is 13.3. The molecule has 3 heterocycles. The van der Waals surface area contributed by atoms with Gasteiger partial charge in [0.1, 0.15) is 28.4 Å². The van der Waals surface area contributed by atoms with Gasteiger partial charge in [-0.15, -0.1) is 0 Å². The van der Waals surface area contributed by atoms with Crippen LogP contribution in [0.2, 0.25) is 0 Å². The number of carbonyl (C=O) groups excluding carboxylic acids is 2. The molecule has 3 aliphatic heterocycles. The summed E-state index contributed by atoms with van der Waals surface area (Å²) in [4.78, 5) is 40.4. The predicted octanol–water partition coefficient (Wildman–Crippen LogP) is 4.48. The van der Waals surface area contributed by atoms with E-state index in [1.165, 1.54) is 13.0 Å². The number of carbonyl (C=O) groups is 3. The van der Waals surface area contributed by atoms with E-state index in [9.17, 15) is 29.7 Å². The molecule has 2 fully saturated rings. The lowest BCUT2D eigenvalue weighted by molar-refractivity contribution is -0.171. The van der Waals surface area contributed by atoms with Crippen LogP contribution in [0.15, 0.2) is 41.5 Å². The van der Waals surface area contributed by atoms with Gasteiger partial charge in [-0.05, 0) is 60.1 Å². The number of carboxylic acids is 1. The van der Waals surface area contributed by atoms with Crippen LogP contribution in [0, 0.1) is 11.8 Å². The highest BCUT2D eigenvalue weighted by Gasteiger charge is 2.81. The number of aliphatic hydroxyl groups excluding tert-OH is 1. The molecule has 0 aromatic heterocycles. The molecular formula is C33H36O9. The number of hydrogen-bond acceptors (Lipinski definition) is 8. The van der Waals surface area contributed by atoms with E-state index in [1.54, 1.807) is 25.2 Å². The molecule has 1 saturated carbocycles. The number of hydrogen-bond donors (Lipinski definition) is 3. The summed E-state index contributed by atoms with van der Waals surface area (Å²) in [7, 11) is 0. The number of fused-ring (bicyclic) bond motifs is 2. The summed E-state index contributed by atoms with van der Waals surface area (Å²) in [6.07, 6.45) is 5.78. The Kier molecular flexibility index (Phi) is 5.87. The lowest BCUT2D eigenvalue weighted by Crippen LogP contribution is -2.72. The van der Waals surface area contributed by atoms with Crippen molar-refractivity contribution in [1.29, 1.82) is 0 Å². The van der Waals surface area contributed by atoms with Crippen LogP contribution in [-0.2, 0) is 20.7 Å². The normalized spacial score (nSPS) is 31.8. The molecule has 1 aromatic rings. The van der Waals surface area contributed by atoms with E-state index in [1.807, 2.05) is 27.7 Å². The second-order valence-electron chi connectivity index (χ2n) is 13.3. The van der Waals surface area contributed by atoms with Gasteiger partial charge in [-0.25, -0.2) is 4.79 Å². The Morgan fingerprint density at radius 3 is 2.50 bits per heavy atom. The van der Waals surface area contributed by atoms with Crippen LogP contribution >= 0.6 is 0 Å². The summed E-state index contributed by atoms with van der Waals surface area (Å²) in [5, 5.41) is 32.1. The number of phenolic OH excluding ortho intramolecular Hbond substituents is 1. The van der Waals surface area contributed by atoms with Gasteiger partial charge in [0, 0.05) is 41.4 Å². The maximum Gasteiger partial charge on any atom is 0.330 e. The number of Topliss-reactive ketones (excluding diaryl/α,β-unsaturated/α-hetero) is 2. The number of allylic oxidation sites excluding steroid dienone is 1. The number of rotatable bonds is 6. The van der Waals surface area contributed by atoms with Crippen molar-refractivity contribution in [3.05, 3.63) is 58.2 Å². The van der Waals surface area contributed by atoms with Crippen molar-refractivity contribution in [2.24, 2.45) is 11.8 Å². The largest absolute Gasteiger partial charge is 0.506 e. The summed E-state index contributed by atoms with van der Waals surface area (Å²) in [5.74, 6) is -2.98. The fourth-order valence-electron chi connectivity index (χ4n) is 7.51. The standard InChI is InChI=1S/C33H36O9/c1-15(2)21(34)14-19-26-18(9-10-30(4,5)40-26)24(35)23-25(36)20-12-17-13-22-31(6,7)42-32(28(17)37,11-8-16(3)29(38)39)33(20,22)41-27(19)23/h8-10,12,17,21-22,34-35H,1,11,13-14H2,2-7H3,(H,38,39)/b16-8+/t17-,21-,22+,32+,33-/m1/s1. The Labute approximate surface area is 244 Å². The number of carboxylic acid groups (broad SMARTS) is 1. The molecule has 4 bridgehead atoms. The lowest BCUT2D eigenvalue weighted by atomic mass is 9.51. The fraction of sp³-hybridized carbons (Fsp3) is 0.485. The summed E-state index contributed by atoms with van der Waals surface area (Å²) in [6.45, 7) is 14.4. The lowest BCUT2D eigenvalue weighted by Gasteiger charge is -2.56. The molecule has 42 heavy (non-hydrogen) atoms. The molecule has 1 saturated heterocycles. The monoisotopic (exact) mass is 576 g/mol. The van der Waals surface area contributed by atoms with Crippen LogP contribution < -0.4 is 9.47 Å². The van der Waals surface area contributed by atoms with Gasteiger partial charge in [-0.1, -0.05) is 24.3 Å². The Morgan fingerprint density at radius 2 is 1.86 bits per heavy atom. The molecular weight excluding hydrogens is 540 g/mol. The molecule has 7 rings (SSSR count). The maximum absolute atomic E-state index is 14.5. The molecule has 9 heteroatoms. The summed E-state index contributed by atoms with van der Waals surface area (Å²) in [6, 6.07) is 0. The van der Waals surface area contributed by atoms with E-state index in [0.717, 1.165) is 0 Å². The van der Waals surface area contributed by atoms with Crippen molar-refractivity contribution in [1.82, 2.24) is 0 Å². The molecule has 1 aromatic carbocycles. The minimum absolute atomic E-state index is 0.0247. The quantitative estimate of drug-likeness (QED) is 0.330. The predicted molar refractivity (Wildman–Crippen MR) is 153 cm³/mol. The van der Waals surface area contributed by atoms with Gasteiger partial charge in [0.15, 0.2) is 22.8 Å². The summed E-state index contributed by atoms with van der Waals surface area (Å²) >= 11 is 0. The fourth-order valence-corrected chi connectivity index (χ4v) is 7.51. The van der Waals surface area contributed by atoms with Crippen LogP contribution in [0.5, 0.6) is 17.2 Å². The third kappa shape index (κ3) is 3.53. The summed E-state index contributed by atoms with van der Waals surface area (Å²) < 4.78 is 19.9. The number of ketones is 2. The van der Waals surface area contributed by atoms with Crippen molar-refractivity contribution >= 4 is 23.6 Å². The van der Waals surface area contributed by atoms with Gasteiger partial charge in [-0.3, -0.25) is 9.59 Å². The smallest absolute Gasteiger partial charge is 0.330 e. The average molecular weight is 577 g/mol. The third-order valence-corrected chi connectivity index (χ3v) is 9.62. The number of aromatic hydroxyl groups is 1. The van der Waals surface area contributed by atoms with Crippen LogP contribution in [0.1, 0.15) is 75.9 Å². The van der Waals surface area contributed by atoms with Crippen LogP contribution in [0.3, 0.4) is 0 Å². The number of aliphatic hydroxyl groups is 1. The molecule has 5 atom stereocenters. The van der Waals surface area contributed by atoms with Crippen LogP contribution in [-0.4, -0.2) is 61.4 Å². The van der Waals surface area contributed by atoms with Gasteiger partial charge < -0.3 is 29.5 Å². The van der Waals surface area contributed by atoms with Crippen LogP contribution in [0.4, 0.5) is 0 Å². The van der Waals surface area contributed by atoms with Crippen molar-refractivity contribution in [3.8, 4) is 17.2 Å². The zero-order chi connectivity index (χ0) is 30.7. The Bertz CT molecular complexity index is 1590. The number of phenols is 1. The molecule has 1 spiro atoms. The topological polar surface area (TPSA) is 140 Å². The highest BCUT2D eigenvalue weighted by atomic mass is 16.6. The van der Waals surface area contributed by atoms with Crippen molar-refractivity contribution in [3.63, 3.8) is 0 Å². The van der Waals surface area contributed by atoms with E-state index in [2.05, 4.69) is 6.58 Å². The van der Waals surface area contributed by atoms with Crippen molar-refractivity contribution in [2.75, 3.05) is 0 Å². The van der Waals surface area contributed by atoms with Crippen LogP contribution in [0.25, 0.3) is 6.08 Å². The van der Waals surface area contributed by atoms with Gasteiger partial charge in [0.05, 0.1) is 17.3 Å². The molecule has 0 amide bonds. The first-order valence-electron chi connectivity index (χ1n) is 14.2. The van der Waals surface area contributed by atoms with E-state index < -0.39 is 52.1 Å². The highest BCUT2D eigenvalue weighted by Crippen LogP contribution is 2.68. The van der Waals surface area contributed by atoms with E-state index in [0.29, 0.717) is 23.1 Å². The minimum Gasteiger partial charge on any atom is -0.506 e. The highest BCUT2D eigenvalue weighted by molar-refractivity contribution is 6.19. The van der Waals surface area contributed by atoms with Gasteiger partial charge >= 0.3 is 5.97 Å². The molecule has 0 unspecified atom stereocenters. The first-order valence-corrected chi connectivity index (χ1v) is 14.2. The first kappa shape index (κ1) is 28.4. The Hall–Kier alpha value is -3.69. The zero-order valence-electron chi connectivity index (χ0n) is 24.7. The van der Waals surface area contributed by atoms with Gasteiger partial charge in [-0.2, -0.15) is 0 Å². The van der Waals surface area contributed by atoms with Gasteiger partial charge in [0.2, 0.25) is 0 Å². The molecule has 222 valence electrons. The van der Waals surface area contributed by atoms with E-state index >= 15 is 0 Å². The minimum atomic E-state index is -1.69. The second kappa shape index (κ2) is 8.67. The first-order chi connectivity index (χ1) is 19.5. The molecule has 3 aliphatic carbocycles. The van der Waals surface area contributed by atoms with E-state index in [-0.39, 0.29) is 52.6 Å². The molecule has 9 nitrogen and oxygen atoms in total. The molecule has 6 aliphatic rings. The van der Waals surface area contributed by atoms with Crippen molar-refractivity contribution in [2.45, 2.75) is 89.3 Å².